The van der Waals surface area contributed by atoms with Gasteiger partial charge in [-0.1, -0.05) is 182 Å². The Hall–Kier alpha value is -0.120. The third-order valence-corrected chi connectivity index (χ3v) is 9.12. The van der Waals surface area contributed by atoms with Crippen LogP contribution in [0.5, 0.6) is 0 Å². The van der Waals surface area contributed by atoms with Gasteiger partial charge in [0, 0.05) is 13.2 Å². The lowest BCUT2D eigenvalue weighted by molar-refractivity contribution is 0.113. The standard InChI is InChI=1S/C38H78O3/c1-35(2)37(39)31-27-23-19-15-11-7-5-9-13-17-21-25-29-33-41-34-30-26-22-18-14-10-6-8-12-16-20-24-28-32-38(40)36(3)4/h35-40H,5-34H2,1-4H3. The van der Waals surface area contributed by atoms with E-state index in [4.69, 9.17) is 4.74 Å². The normalized spacial score (nSPS) is 13.5. The van der Waals surface area contributed by atoms with E-state index < -0.39 is 0 Å². The van der Waals surface area contributed by atoms with E-state index in [1.54, 1.807) is 0 Å². The molecule has 3 nitrogen and oxygen atoms in total. The van der Waals surface area contributed by atoms with Gasteiger partial charge in [0.25, 0.3) is 0 Å². The predicted octanol–water partition coefficient (Wildman–Crippen LogP) is 12.0. The zero-order valence-electron chi connectivity index (χ0n) is 28.8. The van der Waals surface area contributed by atoms with Gasteiger partial charge >= 0.3 is 0 Å². The molecule has 0 fully saturated rings. The second-order valence-electron chi connectivity index (χ2n) is 14.0. The van der Waals surface area contributed by atoms with Crippen LogP contribution in [0.4, 0.5) is 0 Å². The van der Waals surface area contributed by atoms with Gasteiger partial charge in [0.15, 0.2) is 0 Å². The van der Waals surface area contributed by atoms with Crippen LogP contribution in [-0.4, -0.2) is 35.6 Å². The lowest BCUT2D eigenvalue weighted by atomic mass is 10.00. The molecule has 2 unspecified atom stereocenters. The zero-order valence-corrected chi connectivity index (χ0v) is 28.8. The monoisotopic (exact) mass is 583 g/mol. The number of rotatable bonds is 34. The van der Waals surface area contributed by atoms with E-state index in [1.807, 2.05) is 0 Å². The third-order valence-electron chi connectivity index (χ3n) is 9.12. The van der Waals surface area contributed by atoms with Crippen LogP contribution in [0.2, 0.25) is 0 Å². The van der Waals surface area contributed by atoms with Crippen molar-refractivity contribution in [2.24, 2.45) is 11.8 Å². The molecule has 0 spiro atoms. The summed E-state index contributed by atoms with van der Waals surface area (Å²) in [5.74, 6) is 0.819. The molecule has 248 valence electrons. The summed E-state index contributed by atoms with van der Waals surface area (Å²) in [6.45, 7) is 10.4. The third kappa shape index (κ3) is 32.6. The molecular weight excluding hydrogens is 504 g/mol. The first-order valence-electron chi connectivity index (χ1n) is 18.9. The molecule has 0 saturated heterocycles. The fraction of sp³-hybridized carbons (Fsp3) is 1.00. The SMILES string of the molecule is CC(C)C(O)CCCCCCCCCCCCCCCOCCCCCCCCCCCCCCCC(O)C(C)C. The van der Waals surface area contributed by atoms with Crippen molar-refractivity contribution in [3.05, 3.63) is 0 Å². The van der Waals surface area contributed by atoms with Crippen LogP contribution in [0.25, 0.3) is 0 Å². The Labute approximate surface area is 259 Å². The second kappa shape index (κ2) is 32.8. The van der Waals surface area contributed by atoms with Crippen LogP contribution in [0.15, 0.2) is 0 Å². The summed E-state index contributed by atoms with van der Waals surface area (Å²) < 4.78 is 5.87. The summed E-state index contributed by atoms with van der Waals surface area (Å²) >= 11 is 0. The molecule has 0 aromatic heterocycles. The maximum Gasteiger partial charge on any atom is 0.0563 e. The quantitative estimate of drug-likeness (QED) is 0.0742. The minimum atomic E-state index is -0.0959. The smallest absolute Gasteiger partial charge is 0.0563 e. The first-order chi connectivity index (χ1) is 19.9. The van der Waals surface area contributed by atoms with Gasteiger partial charge in [-0.25, -0.2) is 0 Å². The van der Waals surface area contributed by atoms with Crippen molar-refractivity contribution in [2.45, 2.75) is 220 Å². The summed E-state index contributed by atoms with van der Waals surface area (Å²) in [5.41, 5.74) is 0. The fourth-order valence-electron chi connectivity index (χ4n) is 5.77. The Morgan fingerprint density at radius 3 is 0.732 bits per heavy atom. The molecule has 0 rings (SSSR count). The summed E-state index contributed by atoms with van der Waals surface area (Å²) in [7, 11) is 0. The largest absolute Gasteiger partial charge is 0.393 e. The molecule has 0 saturated carbocycles. The molecule has 41 heavy (non-hydrogen) atoms. The average molecular weight is 583 g/mol. The van der Waals surface area contributed by atoms with Gasteiger partial charge < -0.3 is 14.9 Å². The highest BCUT2D eigenvalue weighted by molar-refractivity contribution is 4.61. The van der Waals surface area contributed by atoms with Crippen LogP contribution >= 0.6 is 0 Å². The minimum Gasteiger partial charge on any atom is -0.393 e. The van der Waals surface area contributed by atoms with Crippen molar-refractivity contribution in [3.63, 3.8) is 0 Å². The van der Waals surface area contributed by atoms with Crippen molar-refractivity contribution in [1.29, 1.82) is 0 Å². The van der Waals surface area contributed by atoms with Gasteiger partial charge in [0.05, 0.1) is 12.2 Å². The lowest BCUT2D eigenvalue weighted by Gasteiger charge is -2.13. The molecule has 3 heteroatoms. The van der Waals surface area contributed by atoms with Gasteiger partial charge in [0.2, 0.25) is 0 Å². The molecule has 0 aromatic carbocycles. The van der Waals surface area contributed by atoms with Gasteiger partial charge in [0.1, 0.15) is 0 Å². The maximum atomic E-state index is 9.84. The Kier molecular flexibility index (Phi) is 32.7. The fourth-order valence-corrected chi connectivity index (χ4v) is 5.77. The van der Waals surface area contributed by atoms with E-state index >= 15 is 0 Å². The summed E-state index contributed by atoms with van der Waals surface area (Å²) in [6.07, 6.45) is 37.1. The van der Waals surface area contributed by atoms with E-state index in [2.05, 4.69) is 27.7 Å². The van der Waals surface area contributed by atoms with Crippen LogP contribution < -0.4 is 0 Å². The predicted molar refractivity (Wildman–Crippen MR) is 182 cm³/mol. The van der Waals surface area contributed by atoms with Crippen LogP contribution in [0.1, 0.15) is 207 Å². The molecule has 0 radical (unpaired) electrons. The molecule has 2 N–H and O–H groups in total. The second-order valence-corrected chi connectivity index (χ2v) is 14.0. The molecule has 0 aliphatic rings. The molecule has 0 amide bonds. The number of aliphatic hydroxyl groups is 2. The Morgan fingerprint density at radius 1 is 0.317 bits per heavy atom. The van der Waals surface area contributed by atoms with Gasteiger partial charge in [-0.05, 0) is 37.5 Å². The van der Waals surface area contributed by atoms with Crippen LogP contribution in [0.3, 0.4) is 0 Å². The van der Waals surface area contributed by atoms with E-state index in [0.717, 1.165) is 26.1 Å². The first-order valence-corrected chi connectivity index (χ1v) is 18.9. The maximum absolute atomic E-state index is 9.84. The number of aliphatic hydroxyl groups excluding tert-OH is 2. The van der Waals surface area contributed by atoms with Crippen molar-refractivity contribution < 1.29 is 14.9 Å². The van der Waals surface area contributed by atoms with Crippen molar-refractivity contribution in [1.82, 2.24) is 0 Å². The summed E-state index contributed by atoms with van der Waals surface area (Å²) in [6, 6.07) is 0. The highest BCUT2D eigenvalue weighted by atomic mass is 16.5. The number of ether oxygens (including phenoxy) is 1. The molecular formula is C38H78O3. The molecule has 2 atom stereocenters. The minimum absolute atomic E-state index is 0.0959. The van der Waals surface area contributed by atoms with Crippen molar-refractivity contribution in [2.75, 3.05) is 13.2 Å². The van der Waals surface area contributed by atoms with Gasteiger partial charge in [-0.15, -0.1) is 0 Å². The Morgan fingerprint density at radius 2 is 0.512 bits per heavy atom. The lowest BCUT2D eigenvalue weighted by Crippen LogP contribution is -2.13. The number of hydrogen-bond donors (Lipinski definition) is 2. The van der Waals surface area contributed by atoms with Crippen molar-refractivity contribution >= 4 is 0 Å². The van der Waals surface area contributed by atoms with E-state index in [-0.39, 0.29) is 12.2 Å². The summed E-state index contributed by atoms with van der Waals surface area (Å²) in [5, 5.41) is 19.7. The van der Waals surface area contributed by atoms with Gasteiger partial charge in [-0.3, -0.25) is 0 Å². The van der Waals surface area contributed by atoms with E-state index in [0.29, 0.717) is 11.8 Å². The molecule has 0 bridgehead atoms. The molecule has 0 aliphatic carbocycles. The number of hydrogen-bond acceptors (Lipinski definition) is 3. The van der Waals surface area contributed by atoms with E-state index in [9.17, 15) is 10.2 Å². The van der Waals surface area contributed by atoms with Crippen LogP contribution in [0, 0.1) is 11.8 Å². The topological polar surface area (TPSA) is 49.7 Å². The van der Waals surface area contributed by atoms with Crippen LogP contribution in [-0.2, 0) is 4.74 Å². The Balaban J connectivity index is 3.08. The highest BCUT2D eigenvalue weighted by Crippen LogP contribution is 2.17. The van der Waals surface area contributed by atoms with E-state index in [1.165, 1.54) is 167 Å². The molecule has 0 aromatic rings. The summed E-state index contributed by atoms with van der Waals surface area (Å²) in [4.78, 5) is 0. The highest BCUT2D eigenvalue weighted by Gasteiger charge is 2.08. The van der Waals surface area contributed by atoms with Crippen molar-refractivity contribution in [3.8, 4) is 0 Å². The van der Waals surface area contributed by atoms with Gasteiger partial charge in [-0.2, -0.15) is 0 Å². The molecule has 0 heterocycles. The molecule has 0 aliphatic heterocycles. The average Bonchev–Trinajstić information content (AvgIpc) is 2.95. The number of unbranched alkanes of at least 4 members (excludes halogenated alkanes) is 24. The zero-order chi connectivity index (χ0) is 30.2. The Bertz CT molecular complexity index is 436. The first kappa shape index (κ1) is 40.9.